The predicted octanol–water partition coefficient (Wildman–Crippen LogP) is 3.88. The van der Waals surface area contributed by atoms with Crippen molar-refractivity contribution in [1.82, 2.24) is 5.32 Å². The Bertz CT molecular complexity index is 1140. The fourth-order valence-electron chi connectivity index (χ4n) is 2.93. The maximum Gasteiger partial charge on any atom is 0.240 e. The highest BCUT2D eigenvalue weighted by Crippen LogP contribution is 2.22. The Hall–Kier alpha value is -3.23. The lowest BCUT2D eigenvalue weighted by atomic mass is 10.2. The molecule has 1 amide bonds. The molecule has 0 radical (unpaired) electrons. The molecule has 0 unspecified atom stereocenters. The zero-order valence-electron chi connectivity index (χ0n) is 18.1. The van der Waals surface area contributed by atoms with Crippen LogP contribution in [0.3, 0.4) is 0 Å². The quantitative estimate of drug-likeness (QED) is 0.414. The highest BCUT2D eigenvalue weighted by Gasteiger charge is 2.20. The molecule has 174 valence electrons. The number of amides is 1. The van der Waals surface area contributed by atoms with E-state index in [1.165, 1.54) is 0 Å². The highest BCUT2D eigenvalue weighted by molar-refractivity contribution is 7.92. The third-order valence-corrected chi connectivity index (χ3v) is 5.96. The van der Waals surface area contributed by atoms with Gasteiger partial charge in [-0.05, 0) is 54.1 Å². The Balaban J connectivity index is 1.52. The maximum absolute atomic E-state index is 12.3. The van der Waals surface area contributed by atoms with E-state index in [0.29, 0.717) is 28.8 Å². The van der Waals surface area contributed by atoms with Gasteiger partial charge in [-0.1, -0.05) is 41.9 Å². The van der Waals surface area contributed by atoms with Gasteiger partial charge in [0.25, 0.3) is 0 Å². The molecule has 3 aromatic carbocycles. The largest absolute Gasteiger partial charge is 0.492 e. The van der Waals surface area contributed by atoms with E-state index in [0.717, 1.165) is 16.1 Å². The van der Waals surface area contributed by atoms with E-state index >= 15 is 0 Å². The van der Waals surface area contributed by atoms with Gasteiger partial charge in [0.05, 0.1) is 18.5 Å². The summed E-state index contributed by atoms with van der Waals surface area (Å²) in [6.45, 7) is 0.519. The number of nitrogens with zero attached hydrogens (tertiary/aromatic N) is 1. The van der Waals surface area contributed by atoms with Gasteiger partial charge >= 0.3 is 0 Å². The van der Waals surface area contributed by atoms with Gasteiger partial charge in [0.1, 0.15) is 31.3 Å². The van der Waals surface area contributed by atoms with Crippen LogP contribution in [0.5, 0.6) is 11.5 Å². The molecular formula is C24H25ClN2O5S. The van der Waals surface area contributed by atoms with Crippen molar-refractivity contribution in [2.45, 2.75) is 6.61 Å². The molecule has 0 aromatic heterocycles. The number of hydrogen-bond acceptors (Lipinski definition) is 5. The molecule has 3 aromatic rings. The van der Waals surface area contributed by atoms with E-state index < -0.39 is 15.9 Å². The minimum absolute atomic E-state index is 0.228. The molecule has 0 heterocycles. The van der Waals surface area contributed by atoms with Crippen LogP contribution in [0.1, 0.15) is 5.56 Å². The third-order valence-electron chi connectivity index (χ3n) is 4.57. The van der Waals surface area contributed by atoms with E-state index in [-0.39, 0.29) is 19.7 Å². The maximum atomic E-state index is 12.3. The van der Waals surface area contributed by atoms with Crippen LogP contribution in [0, 0.1) is 0 Å². The first kappa shape index (κ1) is 24.4. The first-order chi connectivity index (χ1) is 15.8. The minimum Gasteiger partial charge on any atom is -0.492 e. The lowest BCUT2D eigenvalue weighted by Crippen LogP contribution is -2.41. The van der Waals surface area contributed by atoms with E-state index in [9.17, 15) is 13.2 Å². The second kappa shape index (κ2) is 11.6. The lowest BCUT2D eigenvalue weighted by molar-refractivity contribution is -0.119. The zero-order valence-corrected chi connectivity index (χ0v) is 19.7. The van der Waals surface area contributed by atoms with E-state index in [2.05, 4.69) is 5.32 Å². The minimum atomic E-state index is -3.67. The summed E-state index contributed by atoms with van der Waals surface area (Å²) in [6, 6.07) is 23.1. The van der Waals surface area contributed by atoms with Crippen molar-refractivity contribution < 1.29 is 22.7 Å². The van der Waals surface area contributed by atoms with Crippen molar-refractivity contribution in [2.75, 3.05) is 30.3 Å². The van der Waals surface area contributed by atoms with Crippen molar-refractivity contribution >= 4 is 33.2 Å². The van der Waals surface area contributed by atoms with Gasteiger partial charge in [-0.15, -0.1) is 0 Å². The van der Waals surface area contributed by atoms with Gasteiger partial charge in [0.15, 0.2) is 0 Å². The second-order valence-electron chi connectivity index (χ2n) is 7.19. The molecule has 0 saturated carbocycles. The molecule has 7 nitrogen and oxygen atoms in total. The summed E-state index contributed by atoms with van der Waals surface area (Å²) in [5.74, 6) is 0.783. The summed E-state index contributed by atoms with van der Waals surface area (Å²) < 4.78 is 36.9. The van der Waals surface area contributed by atoms with Crippen molar-refractivity contribution in [3.63, 3.8) is 0 Å². The summed E-state index contributed by atoms with van der Waals surface area (Å²) in [4.78, 5) is 12.3. The number of hydrogen-bond donors (Lipinski definition) is 1. The van der Waals surface area contributed by atoms with Crippen LogP contribution in [0.15, 0.2) is 78.9 Å². The number of ether oxygens (including phenoxy) is 2. The molecule has 0 aliphatic rings. The van der Waals surface area contributed by atoms with E-state index in [1.54, 1.807) is 48.5 Å². The lowest BCUT2D eigenvalue weighted by Gasteiger charge is -2.22. The van der Waals surface area contributed by atoms with Crippen LogP contribution in [0.25, 0.3) is 0 Å². The smallest absolute Gasteiger partial charge is 0.240 e. The van der Waals surface area contributed by atoms with Crippen LogP contribution >= 0.6 is 11.6 Å². The first-order valence-corrected chi connectivity index (χ1v) is 12.4. The number of anilines is 1. The molecular weight excluding hydrogens is 464 g/mol. The summed E-state index contributed by atoms with van der Waals surface area (Å²) in [5, 5.41) is 3.27. The molecule has 0 bridgehead atoms. The number of carbonyl (C=O) groups excluding carboxylic acids is 1. The average molecular weight is 489 g/mol. The molecule has 0 saturated heterocycles. The Morgan fingerprint density at radius 3 is 2.15 bits per heavy atom. The summed E-state index contributed by atoms with van der Waals surface area (Å²) in [5.41, 5.74) is 1.40. The topological polar surface area (TPSA) is 84.9 Å². The predicted molar refractivity (Wildman–Crippen MR) is 129 cm³/mol. The third kappa shape index (κ3) is 8.00. The normalized spacial score (nSPS) is 11.0. The van der Waals surface area contributed by atoms with Gasteiger partial charge in [0, 0.05) is 5.02 Å². The number of halogens is 1. The van der Waals surface area contributed by atoms with Crippen molar-refractivity contribution in [2.24, 2.45) is 0 Å². The van der Waals surface area contributed by atoms with Crippen molar-refractivity contribution in [3.8, 4) is 11.5 Å². The molecule has 0 atom stereocenters. The average Bonchev–Trinajstić information content (AvgIpc) is 2.80. The van der Waals surface area contributed by atoms with E-state index in [1.807, 2.05) is 30.3 Å². The van der Waals surface area contributed by atoms with Crippen LogP contribution in [0.4, 0.5) is 5.69 Å². The van der Waals surface area contributed by atoms with Gasteiger partial charge in [-0.25, -0.2) is 8.42 Å². The monoisotopic (exact) mass is 488 g/mol. The molecule has 3 rings (SSSR count). The summed E-state index contributed by atoms with van der Waals surface area (Å²) in [7, 11) is -3.67. The molecule has 0 spiro atoms. The first-order valence-electron chi connectivity index (χ1n) is 10.2. The number of nitrogens with one attached hydrogen (secondary N) is 1. The number of sulfonamides is 1. The van der Waals surface area contributed by atoms with E-state index in [4.69, 9.17) is 21.1 Å². The summed E-state index contributed by atoms with van der Waals surface area (Å²) >= 11 is 5.83. The molecule has 0 aliphatic carbocycles. The molecule has 0 aliphatic heterocycles. The second-order valence-corrected chi connectivity index (χ2v) is 9.53. The molecule has 1 N–H and O–H groups in total. The van der Waals surface area contributed by atoms with Crippen LogP contribution in [-0.2, 0) is 21.4 Å². The standard InChI is InChI=1S/C24H25ClN2O5S/c1-33(29,30)27(17-24(28)26-15-16-31-22-11-7-20(25)8-12-22)21-9-13-23(14-10-21)32-18-19-5-3-2-4-6-19/h2-14H,15-18H2,1H3,(H,26,28). The molecule has 0 fully saturated rings. The number of rotatable bonds is 11. The Morgan fingerprint density at radius 2 is 1.52 bits per heavy atom. The Morgan fingerprint density at radius 1 is 0.909 bits per heavy atom. The van der Waals surface area contributed by atoms with Crippen molar-refractivity contribution in [1.29, 1.82) is 0 Å². The Kier molecular flexibility index (Phi) is 8.57. The fraction of sp³-hybridized carbons (Fsp3) is 0.208. The highest BCUT2D eigenvalue weighted by atomic mass is 35.5. The van der Waals surface area contributed by atoms with Gasteiger partial charge in [-0.3, -0.25) is 9.10 Å². The van der Waals surface area contributed by atoms with Gasteiger partial charge in [0.2, 0.25) is 15.9 Å². The SMILES string of the molecule is CS(=O)(=O)N(CC(=O)NCCOc1ccc(Cl)cc1)c1ccc(OCc2ccccc2)cc1. The van der Waals surface area contributed by atoms with Gasteiger partial charge < -0.3 is 14.8 Å². The number of carbonyl (C=O) groups is 1. The van der Waals surface area contributed by atoms with Crippen LogP contribution in [0.2, 0.25) is 5.02 Å². The molecule has 33 heavy (non-hydrogen) atoms. The zero-order chi connectivity index (χ0) is 23.7. The Labute approximate surface area is 198 Å². The number of benzene rings is 3. The van der Waals surface area contributed by atoms with Crippen molar-refractivity contribution in [3.05, 3.63) is 89.4 Å². The van der Waals surface area contributed by atoms with Crippen LogP contribution in [-0.4, -0.2) is 40.3 Å². The van der Waals surface area contributed by atoms with Crippen LogP contribution < -0.4 is 19.1 Å². The molecule has 9 heteroatoms. The van der Waals surface area contributed by atoms with Gasteiger partial charge in [-0.2, -0.15) is 0 Å². The summed E-state index contributed by atoms with van der Waals surface area (Å²) in [6.07, 6.45) is 1.06. The fourth-order valence-corrected chi connectivity index (χ4v) is 3.91.